The van der Waals surface area contributed by atoms with Crippen molar-refractivity contribution in [2.75, 3.05) is 0 Å². The number of hydrogen-bond donors (Lipinski definition) is 0. The Balaban J connectivity index is 0.892. The van der Waals surface area contributed by atoms with Crippen LogP contribution in [-0.2, 0) is 0 Å². The largest absolute Gasteiger partial charge is 0.309 e. The van der Waals surface area contributed by atoms with Crippen LogP contribution in [0.2, 0.25) is 0 Å². The van der Waals surface area contributed by atoms with Gasteiger partial charge in [0.25, 0.3) is 0 Å². The Morgan fingerprint density at radius 1 is 0.200 bits per heavy atom. The molecule has 0 aliphatic rings. The third kappa shape index (κ3) is 6.99. The summed E-state index contributed by atoms with van der Waals surface area (Å²) < 4.78 is 7.29. The van der Waals surface area contributed by atoms with Crippen LogP contribution in [0.5, 0.6) is 0 Å². The van der Waals surface area contributed by atoms with Crippen LogP contribution in [-0.4, -0.2) is 28.7 Å². The molecule has 15 rings (SSSR count). The summed E-state index contributed by atoms with van der Waals surface area (Å²) in [4.78, 5) is 15.0. The van der Waals surface area contributed by atoms with Crippen molar-refractivity contribution in [2.24, 2.45) is 0 Å². The highest BCUT2D eigenvalue weighted by molar-refractivity contribution is 6.14. The van der Waals surface area contributed by atoms with Crippen molar-refractivity contribution in [3.63, 3.8) is 0 Å². The zero-order valence-corrected chi connectivity index (χ0v) is 40.6. The van der Waals surface area contributed by atoms with Crippen LogP contribution in [0, 0.1) is 0 Å². The van der Waals surface area contributed by atoms with Gasteiger partial charge in [-0.3, -0.25) is 0 Å². The second-order valence-corrected chi connectivity index (χ2v) is 19.2. The third-order valence-corrected chi connectivity index (χ3v) is 14.9. The summed E-state index contributed by atoms with van der Waals surface area (Å²) in [6, 6.07) is 95.5. The fraction of sp³-hybridized carbons (Fsp3) is 0. The molecule has 0 fully saturated rings. The van der Waals surface area contributed by atoms with Gasteiger partial charge in [0.15, 0.2) is 17.5 Å². The number of hydrogen-bond acceptors (Lipinski definition) is 3. The number of fused-ring (bicyclic) bond motifs is 9. The first-order valence-corrected chi connectivity index (χ1v) is 25.4. The molecule has 0 atom stereocenters. The van der Waals surface area contributed by atoms with Crippen molar-refractivity contribution in [1.29, 1.82) is 0 Å². The molecule has 0 amide bonds. The molecule has 0 unspecified atom stereocenters. The molecule has 11 aromatic carbocycles. The number of aromatic nitrogens is 6. The summed E-state index contributed by atoms with van der Waals surface area (Å²) >= 11 is 0. The number of benzene rings is 11. The van der Waals surface area contributed by atoms with Crippen LogP contribution < -0.4 is 0 Å². The van der Waals surface area contributed by atoms with Crippen LogP contribution >= 0.6 is 0 Å². The van der Waals surface area contributed by atoms with Gasteiger partial charge in [0.1, 0.15) is 0 Å². The highest BCUT2D eigenvalue weighted by atomic mass is 15.1. The first-order chi connectivity index (χ1) is 37.2. The predicted octanol–water partition coefficient (Wildman–Crippen LogP) is 17.5. The smallest absolute Gasteiger partial charge is 0.164 e. The highest BCUT2D eigenvalue weighted by Crippen LogP contribution is 2.42. The van der Waals surface area contributed by atoms with Gasteiger partial charge in [0, 0.05) is 54.7 Å². The molecule has 15 aromatic rings. The molecule has 4 heterocycles. The molecule has 4 aromatic heterocycles. The van der Waals surface area contributed by atoms with Gasteiger partial charge in [0.05, 0.1) is 44.5 Å². The van der Waals surface area contributed by atoms with E-state index in [0.717, 1.165) is 66.9 Å². The van der Waals surface area contributed by atoms with Gasteiger partial charge in [0.2, 0.25) is 0 Å². The standard InChI is InChI=1S/C69H44N6/c1-4-18-46(19-5-1)67-70-68(47-20-6-2-7-21-47)72-69(71-67)48-34-32-45(33-35-48)51-38-41-65(66(44-51)75-60-29-15-10-24-53(60)54-25-11-16-30-61(54)75)74-62-31-17-13-27-56(62)58-43-50(37-40-64(58)74)49-36-39-63-57(42-49)55-26-12-14-28-59(55)73(63)52-22-8-3-9-23-52/h1-44H. The van der Waals surface area contributed by atoms with E-state index in [1.165, 1.54) is 54.5 Å². The Morgan fingerprint density at radius 2 is 0.520 bits per heavy atom. The maximum atomic E-state index is 5.02. The zero-order chi connectivity index (χ0) is 49.4. The molecule has 0 spiro atoms. The molecular weight excluding hydrogens is 913 g/mol. The Bertz CT molecular complexity index is 4570. The second kappa shape index (κ2) is 17.3. The molecule has 0 aliphatic heterocycles. The third-order valence-electron chi connectivity index (χ3n) is 14.9. The molecule has 0 radical (unpaired) electrons. The maximum absolute atomic E-state index is 5.02. The average molecular weight is 957 g/mol. The summed E-state index contributed by atoms with van der Waals surface area (Å²) in [6.45, 7) is 0. The first-order valence-electron chi connectivity index (χ1n) is 25.4. The van der Waals surface area contributed by atoms with E-state index in [2.05, 4.69) is 220 Å². The van der Waals surface area contributed by atoms with Gasteiger partial charge in [-0.05, 0) is 95.1 Å². The van der Waals surface area contributed by atoms with Crippen molar-refractivity contribution in [3.8, 4) is 73.5 Å². The maximum Gasteiger partial charge on any atom is 0.164 e. The zero-order valence-electron chi connectivity index (χ0n) is 40.6. The highest BCUT2D eigenvalue weighted by Gasteiger charge is 2.22. The molecule has 6 heteroatoms. The van der Waals surface area contributed by atoms with E-state index in [4.69, 9.17) is 15.0 Å². The van der Waals surface area contributed by atoms with Crippen molar-refractivity contribution < 1.29 is 0 Å². The lowest BCUT2D eigenvalue weighted by Crippen LogP contribution is -2.04. The summed E-state index contributed by atoms with van der Waals surface area (Å²) in [7, 11) is 0. The monoisotopic (exact) mass is 956 g/mol. The summed E-state index contributed by atoms with van der Waals surface area (Å²) in [5.74, 6) is 1.91. The SMILES string of the molecule is c1ccc(-c2nc(-c3ccccc3)nc(-c3ccc(-c4ccc(-n5c6ccccc6c6cc(-c7ccc8c(c7)c7ccccc7n8-c7ccccc7)ccc65)c(-n5c6ccccc6c6ccccc65)c4)cc3)n2)cc1. The van der Waals surface area contributed by atoms with Gasteiger partial charge < -0.3 is 13.7 Å². The van der Waals surface area contributed by atoms with E-state index >= 15 is 0 Å². The predicted molar refractivity (Wildman–Crippen MR) is 310 cm³/mol. The van der Waals surface area contributed by atoms with Gasteiger partial charge in [-0.25, -0.2) is 15.0 Å². The van der Waals surface area contributed by atoms with E-state index in [1.807, 2.05) is 60.7 Å². The molecule has 0 saturated heterocycles. The van der Waals surface area contributed by atoms with E-state index in [1.54, 1.807) is 0 Å². The van der Waals surface area contributed by atoms with Crippen LogP contribution in [0.3, 0.4) is 0 Å². The Labute approximate surface area is 432 Å². The Hall–Kier alpha value is -10.2. The lowest BCUT2D eigenvalue weighted by Gasteiger charge is -2.18. The molecule has 0 saturated carbocycles. The fourth-order valence-electron chi connectivity index (χ4n) is 11.4. The fourth-order valence-corrected chi connectivity index (χ4v) is 11.4. The normalized spacial score (nSPS) is 11.7. The van der Waals surface area contributed by atoms with Crippen molar-refractivity contribution in [3.05, 3.63) is 267 Å². The lowest BCUT2D eigenvalue weighted by atomic mass is 10.0. The molecule has 6 nitrogen and oxygen atoms in total. The Morgan fingerprint density at radius 3 is 1.01 bits per heavy atom. The van der Waals surface area contributed by atoms with Gasteiger partial charge in [-0.1, -0.05) is 194 Å². The van der Waals surface area contributed by atoms with Crippen LogP contribution in [0.1, 0.15) is 0 Å². The van der Waals surface area contributed by atoms with E-state index in [0.29, 0.717) is 17.5 Å². The molecule has 75 heavy (non-hydrogen) atoms. The number of rotatable bonds is 8. The lowest BCUT2D eigenvalue weighted by molar-refractivity contribution is 1.07. The van der Waals surface area contributed by atoms with E-state index < -0.39 is 0 Å². The minimum absolute atomic E-state index is 0.626. The number of para-hydroxylation sites is 5. The van der Waals surface area contributed by atoms with Crippen LogP contribution in [0.15, 0.2) is 267 Å². The minimum atomic E-state index is 0.626. The molecule has 0 aliphatic carbocycles. The van der Waals surface area contributed by atoms with Gasteiger partial charge >= 0.3 is 0 Å². The quantitative estimate of drug-likeness (QED) is 0.152. The van der Waals surface area contributed by atoms with Gasteiger partial charge in [-0.2, -0.15) is 0 Å². The first kappa shape index (κ1) is 42.5. The summed E-state index contributed by atoms with van der Waals surface area (Å²) in [5.41, 5.74) is 17.6. The van der Waals surface area contributed by atoms with Crippen molar-refractivity contribution in [1.82, 2.24) is 28.7 Å². The van der Waals surface area contributed by atoms with Gasteiger partial charge in [-0.15, -0.1) is 0 Å². The van der Waals surface area contributed by atoms with Crippen LogP contribution in [0.25, 0.3) is 139 Å². The molecule has 0 N–H and O–H groups in total. The van der Waals surface area contributed by atoms with E-state index in [9.17, 15) is 0 Å². The van der Waals surface area contributed by atoms with E-state index in [-0.39, 0.29) is 0 Å². The average Bonchev–Trinajstić information content (AvgIpc) is 4.18. The van der Waals surface area contributed by atoms with Crippen LogP contribution in [0.4, 0.5) is 0 Å². The second-order valence-electron chi connectivity index (χ2n) is 19.2. The molecular formula is C69H44N6. The minimum Gasteiger partial charge on any atom is -0.309 e. The summed E-state index contributed by atoms with van der Waals surface area (Å²) in [6.07, 6.45) is 0. The van der Waals surface area contributed by atoms with Crippen molar-refractivity contribution >= 4 is 65.4 Å². The Kier molecular flexibility index (Phi) is 9.78. The number of nitrogens with zero attached hydrogens (tertiary/aromatic N) is 6. The molecule has 0 bridgehead atoms. The topological polar surface area (TPSA) is 53.5 Å². The van der Waals surface area contributed by atoms with Crippen molar-refractivity contribution in [2.45, 2.75) is 0 Å². The summed E-state index contributed by atoms with van der Waals surface area (Å²) in [5, 5.41) is 7.31. The molecule has 350 valence electrons.